The Morgan fingerprint density at radius 2 is 1.62 bits per heavy atom. The van der Waals surface area contributed by atoms with E-state index < -0.39 is 22.8 Å². The number of hydrogen-bond donors (Lipinski definition) is 1. The van der Waals surface area contributed by atoms with Crippen LogP contribution < -0.4 is 0 Å². The molecule has 1 heterocycles. The van der Waals surface area contributed by atoms with Crippen molar-refractivity contribution in [2.24, 2.45) is 53.3 Å². The zero-order valence-corrected chi connectivity index (χ0v) is 29.5. The Bertz CT molecular complexity index is 1100. The molecule has 256 valence electrons. The second-order valence-electron chi connectivity index (χ2n) is 14.7. The summed E-state index contributed by atoms with van der Waals surface area (Å²) in [5.41, 5.74) is 0.768. The van der Waals surface area contributed by atoms with E-state index in [0.717, 1.165) is 37.7 Å². The van der Waals surface area contributed by atoms with Gasteiger partial charge >= 0.3 is 5.97 Å². The maximum atomic E-state index is 13.9. The second-order valence-corrected chi connectivity index (χ2v) is 16.1. The van der Waals surface area contributed by atoms with Crippen LogP contribution in [-0.4, -0.2) is 79.3 Å². The number of esters is 1. The SMILES string of the molecule is CC[C@H]1CCCC[C@@H](C)C(=O)C2=CC3[C@@H](C4C([C@@H]5C[C@@H](OC(O)C(OC)C(OC)C(OC)C(C)C)C[C@@H]35)C4(Cl)Cl)[C@@H]2CC(=O)O1. The fourth-order valence-corrected chi connectivity index (χ4v) is 10.7. The molecule has 8 nitrogen and oxygen atoms in total. The van der Waals surface area contributed by atoms with E-state index in [2.05, 4.69) is 13.0 Å². The number of carbonyl (C=O) groups is 2. The largest absolute Gasteiger partial charge is 0.462 e. The Morgan fingerprint density at radius 1 is 0.978 bits per heavy atom. The van der Waals surface area contributed by atoms with Gasteiger partial charge in [-0.3, -0.25) is 9.59 Å². The van der Waals surface area contributed by atoms with Crippen molar-refractivity contribution in [2.45, 2.75) is 120 Å². The van der Waals surface area contributed by atoms with Gasteiger partial charge in [0.15, 0.2) is 12.1 Å². The molecule has 0 aromatic heterocycles. The van der Waals surface area contributed by atoms with E-state index in [1.54, 1.807) is 14.2 Å². The number of Topliss-reactive ketones (excluding diaryl/α,β-unsaturated/α-hetero) is 1. The smallest absolute Gasteiger partial charge is 0.306 e. The van der Waals surface area contributed by atoms with Crippen LogP contribution in [0.5, 0.6) is 0 Å². The van der Waals surface area contributed by atoms with Gasteiger partial charge in [-0.05, 0) is 73.7 Å². The van der Waals surface area contributed by atoms with Gasteiger partial charge in [-0.15, -0.1) is 23.2 Å². The second kappa shape index (κ2) is 14.4. The minimum absolute atomic E-state index is 0.00487. The number of hydrogen-bond acceptors (Lipinski definition) is 8. The van der Waals surface area contributed by atoms with Gasteiger partial charge in [0.05, 0.1) is 18.6 Å². The third-order valence-corrected chi connectivity index (χ3v) is 12.9. The van der Waals surface area contributed by atoms with Crippen LogP contribution in [-0.2, 0) is 33.3 Å². The fourth-order valence-electron chi connectivity index (χ4n) is 9.70. The number of carbonyl (C=O) groups excluding carboxylic acids is 2. The standard InChI is InChI=1S/C35H54Cl2O8/c1-8-19-12-10-9-11-18(4)30(39)25-15-22-21-13-20(45-34(40)33(43-7)32(42-6)31(41-5)17(2)3)14-24(21)28-29(35(28,36)37)27(22)23(25)16-26(38)44-19/h15,17-24,27-29,31-34,40H,8-14,16H2,1-7H3/t18-,19+,20+,21+,22?,23-,24-,27-,28?,29?,31?,32?,33?,34?/m1/s1. The number of cyclic esters (lactones) is 1. The zero-order valence-electron chi connectivity index (χ0n) is 28.0. The number of fused-ring (bicyclic) bond motifs is 8. The van der Waals surface area contributed by atoms with Gasteiger partial charge < -0.3 is 28.8 Å². The van der Waals surface area contributed by atoms with Crippen LogP contribution >= 0.6 is 23.2 Å². The molecule has 1 aliphatic heterocycles. The van der Waals surface area contributed by atoms with Gasteiger partial charge in [0.2, 0.25) is 0 Å². The zero-order chi connectivity index (χ0) is 32.8. The van der Waals surface area contributed by atoms with E-state index >= 15 is 0 Å². The number of allylic oxidation sites excluding steroid dienone is 2. The van der Waals surface area contributed by atoms with Crippen molar-refractivity contribution in [1.82, 2.24) is 0 Å². The molecule has 1 N–H and O–H groups in total. The van der Waals surface area contributed by atoms with E-state index in [4.69, 9.17) is 46.9 Å². The quantitative estimate of drug-likeness (QED) is 0.168. The van der Waals surface area contributed by atoms with Crippen LogP contribution in [0.1, 0.15) is 79.1 Å². The lowest BCUT2D eigenvalue weighted by atomic mass is 9.66. The monoisotopic (exact) mass is 672 g/mol. The molecule has 1 saturated heterocycles. The van der Waals surface area contributed by atoms with E-state index in [0.29, 0.717) is 12.8 Å². The van der Waals surface area contributed by atoms with Crippen molar-refractivity contribution in [3.63, 3.8) is 0 Å². The highest BCUT2D eigenvalue weighted by atomic mass is 35.5. The molecular weight excluding hydrogens is 619 g/mol. The summed E-state index contributed by atoms with van der Waals surface area (Å²) in [6.07, 6.45) is 4.91. The lowest BCUT2D eigenvalue weighted by Gasteiger charge is -2.37. The highest BCUT2D eigenvalue weighted by Gasteiger charge is 2.76. The van der Waals surface area contributed by atoms with E-state index in [9.17, 15) is 14.7 Å². The van der Waals surface area contributed by atoms with Crippen LogP contribution in [0, 0.1) is 53.3 Å². The Morgan fingerprint density at radius 3 is 2.24 bits per heavy atom. The molecule has 4 aliphatic carbocycles. The van der Waals surface area contributed by atoms with Crippen molar-refractivity contribution in [2.75, 3.05) is 21.3 Å². The average molecular weight is 674 g/mol. The third-order valence-electron chi connectivity index (χ3n) is 11.9. The first-order chi connectivity index (χ1) is 21.4. The molecule has 3 saturated carbocycles. The summed E-state index contributed by atoms with van der Waals surface area (Å²) >= 11 is 14.1. The number of aliphatic hydroxyl groups excluding tert-OH is 1. The lowest BCUT2D eigenvalue weighted by molar-refractivity contribution is -0.236. The number of alkyl halides is 2. The van der Waals surface area contributed by atoms with Crippen LogP contribution in [0.4, 0.5) is 0 Å². The minimum Gasteiger partial charge on any atom is -0.462 e. The summed E-state index contributed by atoms with van der Waals surface area (Å²) in [5.74, 6) is 0.123. The van der Waals surface area contributed by atoms with Crippen molar-refractivity contribution in [3.05, 3.63) is 11.6 Å². The highest BCUT2D eigenvalue weighted by Crippen LogP contribution is 2.76. The molecule has 10 heteroatoms. The van der Waals surface area contributed by atoms with Gasteiger partial charge in [-0.1, -0.05) is 40.2 Å². The number of rotatable bonds is 10. The number of aliphatic hydroxyl groups is 1. The summed E-state index contributed by atoms with van der Waals surface area (Å²) in [4.78, 5) is 27.3. The summed E-state index contributed by atoms with van der Waals surface area (Å²) in [7, 11) is 4.75. The molecule has 0 radical (unpaired) electrons. The van der Waals surface area contributed by atoms with Crippen molar-refractivity contribution in [3.8, 4) is 0 Å². The molecule has 0 aromatic rings. The molecule has 0 aromatic carbocycles. The number of halogens is 2. The van der Waals surface area contributed by atoms with Crippen molar-refractivity contribution in [1.29, 1.82) is 0 Å². The Labute approximate surface area is 279 Å². The minimum atomic E-state index is -1.23. The van der Waals surface area contributed by atoms with Crippen LogP contribution in [0.25, 0.3) is 0 Å². The summed E-state index contributed by atoms with van der Waals surface area (Å²) in [5, 5.41) is 11.3. The van der Waals surface area contributed by atoms with E-state index in [1.807, 2.05) is 20.8 Å². The topological polar surface area (TPSA) is 101 Å². The Balaban J connectivity index is 1.39. The molecule has 45 heavy (non-hydrogen) atoms. The van der Waals surface area contributed by atoms with Crippen molar-refractivity contribution >= 4 is 35.0 Å². The van der Waals surface area contributed by atoms with E-state index in [1.165, 1.54) is 7.11 Å². The molecular formula is C35H54Cl2O8. The summed E-state index contributed by atoms with van der Waals surface area (Å²) in [6.45, 7) is 8.14. The molecule has 0 amide bonds. The number of methoxy groups -OCH3 is 3. The summed E-state index contributed by atoms with van der Waals surface area (Å²) in [6, 6.07) is 0. The van der Waals surface area contributed by atoms with Gasteiger partial charge in [0.25, 0.3) is 0 Å². The molecule has 5 rings (SSSR count). The average Bonchev–Trinajstić information content (AvgIpc) is 3.27. The summed E-state index contributed by atoms with van der Waals surface area (Å²) < 4.78 is 28.5. The predicted octanol–water partition coefficient (Wildman–Crippen LogP) is 6.13. The van der Waals surface area contributed by atoms with Crippen molar-refractivity contribution < 1.29 is 38.4 Å². The van der Waals surface area contributed by atoms with Gasteiger partial charge in [0, 0.05) is 45.0 Å². The van der Waals surface area contributed by atoms with E-state index in [-0.39, 0.29) is 89.7 Å². The molecule has 5 aliphatic rings. The molecule has 4 fully saturated rings. The first-order valence-electron chi connectivity index (χ1n) is 17.1. The van der Waals surface area contributed by atoms with Crippen LogP contribution in [0.15, 0.2) is 11.6 Å². The first-order valence-corrected chi connectivity index (χ1v) is 17.9. The van der Waals surface area contributed by atoms with Crippen LogP contribution in [0.2, 0.25) is 0 Å². The van der Waals surface area contributed by atoms with Crippen LogP contribution in [0.3, 0.4) is 0 Å². The van der Waals surface area contributed by atoms with Gasteiger partial charge in [-0.25, -0.2) is 0 Å². The maximum Gasteiger partial charge on any atom is 0.306 e. The third kappa shape index (κ3) is 6.78. The Hall–Kier alpha value is -0.740. The molecule has 14 atom stereocenters. The Kier molecular flexibility index (Phi) is 11.4. The van der Waals surface area contributed by atoms with Gasteiger partial charge in [0.1, 0.15) is 22.6 Å². The first kappa shape index (κ1) is 35.6. The number of ether oxygens (including phenoxy) is 5. The van der Waals surface area contributed by atoms with Gasteiger partial charge in [-0.2, -0.15) is 0 Å². The molecule has 0 spiro atoms. The maximum absolute atomic E-state index is 13.9. The predicted molar refractivity (Wildman–Crippen MR) is 172 cm³/mol. The number of ketones is 1. The molecule has 0 bridgehead atoms. The molecule has 7 unspecified atom stereocenters. The highest BCUT2D eigenvalue weighted by molar-refractivity contribution is 6.51. The fraction of sp³-hybridized carbons (Fsp3) is 0.886. The normalized spacial score (nSPS) is 40.5. The lowest BCUT2D eigenvalue weighted by Crippen LogP contribution is -2.50.